The Balaban J connectivity index is 1.54. The third-order valence-corrected chi connectivity index (χ3v) is 6.21. The maximum atomic E-state index is 13.1. The Hall–Kier alpha value is -4.60. The van der Waals surface area contributed by atoms with Crippen molar-refractivity contribution >= 4 is 39.5 Å². The Labute approximate surface area is 216 Å². The first-order valence-corrected chi connectivity index (χ1v) is 12.0. The molecule has 0 aliphatic carbocycles. The smallest absolute Gasteiger partial charge is 0.371 e. The van der Waals surface area contributed by atoms with Crippen molar-refractivity contribution in [2.45, 2.75) is 25.9 Å². The largest absolute Gasteiger partial charge is 0.416 e. The molecule has 0 aliphatic heterocycles. The highest BCUT2D eigenvalue weighted by Crippen LogP contribution is 2.38. The number of rotatable bonds is 5. The topological polar surface area (TPSA) is 83.3 Å². The summed E-state index contributed by atoms with van der Waals surface area (Å²) in [5.41, 5.74) is 2.16. The Kier molecular flexibility index (Phi) is 6.40. The van der Waals surface area contributed by atoms with E-state index in [0.29, 0.717) is 11.5 Å². The molecule has 2 amide bonds. The normalized spacial score (nSPS) is 11.8. The Morgan fingerprint density at radius 3 is 2.45 bits per heavy atom. The predicted octanol–water partition coefficient (Wildman–Crippen LogP) is 7.38. The lowest BCUT2D eigenvalue weighted by Gasteiger charge is -2.14. The highest BCUT2D eigenvalue weighted by molar-refractivity contribution is 6.11. The number of fused-ring (bicyclic) bond motifs is 2. The SMILES string of the molecule is CNc1nccn2c(C(C)C)nc(-c3ccc(NC(=O)Nc4cccc(C(F)(F)F)c4)c4ccccc34)c12. The van der Waals surface area contributed by atoms with Gasteiger partial charge in [-0.15, -0.1) is 0 Å². The van der Waals surface area contributed by atoms with E-state index in [1.165, 1.54) is 12.1 Å². The lowest BCUT2D eigenvalue weighted by atomic mass is 10.00. The molecule has 2 aromatic heterocycles. The molecule has 5 aromatic rings. The molecule has 38 heavy (non-hydrogen) atoms. The summed E-state index contributed by atoms with van der Waals surface area (Å²) in [4.78, 5) is 22.2. The first-order chi connectivity index (χ1) is 18.2. The van der Waals surface area contributed by atoms with Crippen LogP contribution in [0.3, 0.4) is 0 Å². The number of amides is 2. The lowest BCUT2D eigenvalue weighted by molar-refractivity contribution is -0.137. The van der Waals surface area contributed by atoms with Crippen LogP contribution in [0, 0.1) is 0 Å². The fourth-order valence-electron chi connectivity index (χ4n) is 4.51. The van der Waals surface area contributed by atoms with Gasteiger partial charge < -0.3 is 16.0 Å². The summed E-state index contributed by atoms with van der Waals surface area (Å²) >= 11 is 0. The van der Waals surface area contributed by atoms with Crippen LogP contribution in [0.15, 0.2) is 73.1 Å². The molecule has 0 spiro atoms. The van der Waals surface area contributed by atoms with Gasteiger partial charge in [0.2, 0.25) is 0 Å². The summed E-state index contributed by atoms with van der Waals surface area (Å²) < 4.78 is 41.2. The molecular weight excluding hydrogens is 493 g/mol. The monoisotopic (exact) mass is 518 g/mol. The average Bonchev–Trinajstić information content (AvgIpc) is 3.29. The van der Waals surface area contributed by atoms with Crippen LogP contribution >= 0.6 is 0 Å². The van der Waals surface area contributed by atoms with Gasteiger partial charge in [0.15, 0.2) is 5.82 Å². The first-order valence-electron chi connectivity index (χ1n) is 12.0. The zero-order valence-corrected chi connectivity index (χ0v) is 20.9. The van der Waals surface area contributed by atoms with Gasteiger partial charge in [0.05, 0.1) is 11.3 Å². The van der Waals surface area contributed by atoms with Crippen LogP contribution in [0.4, 0.5) is 35.2 Å². The van der Waals surface area contributed by atoms with Crippen molar-refractivity contribution in [3.63, 3.8) is 0 Å². The number of halogens is 3. The second kappa shape index (κ2) is 9.70. The number of aromatic nitrogens is 3. The molecule has 194 valence electrons. The number of benzene rings is 3. The van der Waals surface area contributed by atoms with Crippen molar-refractivity contribution in [2.75, 3.05) is 23.0 Å². The highest BCUT2D eigenvalue weighted by atomic mass is 19.4. The second-order valence-electron chi connectivity index (χ2n) is 9.08. The van der Waals surface area contributed by atoms with Crippen LogP contribution in [-0.4, -0.2) is 27.4 Å². The van der Waals surface area contributed by atoms with Crippen molar-refractivity contribution in [3.8, 4) is 11.3 Å². The van der Waals surface area contributed by atoms with Crippen LogP contribution in [0.25, 0.3) is 27.5 Å². The van der Waals surface area contributed by atoms with Crippen LogP contribution < -0.4 is 16.0 Å². The van der Waals surface area contributed by atoms with E-state index in [1.807, 2.05) is 48.0 Å². The van der Waals surface area contributed by atoms with Crippen LogP contribution in [0.5, 0.6) is 0 Å². The van der Waals surface area contributed by atoms with E-state index in [1.54, 1.807) is 12.3 Å². The number of hydrogen-bond donors (Lipinski definition) is 3. The Morgan fingerprint density at radius 1 is 0.974 bits per heavy atom. The molecule has 0 radical (unpaired) electrons. The van der Waals surface area contributed by atoms with E-state index in [4.69, 9.17) is 4.98 Å². The zero-order valence-electron chi connectivity index (χ0n) is 20.9. The third-order valence-electron chi connectivity index (χ3n) is 6.21. The molecule has 0 fully saturated rings. The highest BCUT2D eigenvalue weighted by Gasteiger charge is 2.30. The molecule has 3 aromatic carbocycles. The maximum Gasteiger partial charge on any atom is 0.416 e. The van der Waals surface area contributed by atoms with Gasteiger partial charge in [0, 0.05) is 42.0 Å². The van der Waals surface area contributed by atoms with Gasteiger partial charge in [-0.05, 0) is 29.7 Å². The molecule has 7 nitrogen and oxygen atoms in total. The zero-order chi connectivity index (χ0) is 27.0. The number of carbonyl (C=O) groups excluding carboxylic acids is 1. The van der Waals surface area contributed by atoms with E-state index in [0.717, 1.165) is 45.5 Å². The number of alkyl halides is 3. The Morgan fingerprint density at radius 2 is 1.74 bits per heavy atom. The minimum atomic E-state index is -4.50. The molecule has 0 bridgehead atoms. The van der Waals surface area contributed by atoms with Crippen LogP contribution in [-0.2, 0) is 6.18 Å². The summed E-state index contributed by atoms with van der Waals surface area (Å²) in [7, 11) is 1.81. The number of carbonyl (C=O) groups is 1. The molecule has 0 atom stereocenters. The van der Waals surface area contributed by atoms with Gasteiger partial charge in [-0.3, -0.25) is 4.40 Å². The fraction of sp³-hybridized carbons (Fsp3) is 0.179. The summed E-state index contributed by atoms with van der Waals surface area (Å²) in [6.07, 6.45) is -0.891. The molecule has 3 N–H and O–H groups in total. The standard InChI is InChI=1S/C28H25F3N6O/c1-16(2)26-36-23(24-25(32-3)33-13-14-37(24)26)21-11-12-22(20-10-5-4-9-19(20)21)35-27(38)34-18-8-6-7-17(15-18)28(29,30)31/h4-16H,1-3H3,(H,32,33)(H2,34,35,38). The lowest BCUT2D eigenvalue weighted by Crippen LogP contribution is -2.20. The quantitative estimate of drug-likeness (QED) is 0.227. The van der Waals surface area contributed by atoms with Gasteiger partial charge in [0.25, 0.3) is 0 Å². The number of imidazole rings is 1. The molecule has 0 saturated heterocycles. The minimum Gasteiger partial charge on any atom is -0.371 e. The molecule has 0 saturated carbocycles. The molecule has 0 unspecified atom stereocenters. The Bertz CT molecular complexity index is 1660. The van der Waals surface area contributed by atoms with E-state index in [9.17, 15) is 18.0 Å². The first kappa shape index (κ1) is 25.1. The summed E-state index contributed by atoms with van der Waals surface area (Å²) in [5, 5.41) is 10.0. The maximum absolute atomic E-state index is 13.1. The number of urea groups is 1. The predicted molar refractivity (Wildman–Crippen MR) is 144 cm³/mol. The third kappa shape index (κ3) is 4.60. The van der Waals surface area contributed by atoms with E-state index in [2.05, 4.69) is 34.8 Å². The molecule has 5 rings (SSSR count). The minimum absolute atomic E-state index is 0.0380. The molecule has 0 aliphatic rings. The fourth-order valence-corrected chi connectivity index (χ4v) is 4.51. The van der Waals surface area contributed by atoms with Gasteiger partial charge in [-0.25, -0.2) is 14.8 Å². The average molecular weight is 519 g/mol. The molecule has 2 heterocycles. The van der Waals surface area contributed by atoms with Gasteiger partial charge in [-0.1, -0.05) is 50.2 Å². The van der Waals surface area contributed by atoms with E-state index >= 15 is 0 Å². The number of anilines is 3. The van der Waals surface area contributed by atoms with Gasteiger partial charge >= 0.3 is 12.2 Å². The van der Waals surface area contributed by atoms with E-state index < -0.39 is 17.8 Å². The summed E-state index contributed by atoms with van der Waals surface area (Å²) in [6.45, 7) is 4.15. The van der Waals surface area contributed by atoms with Gasteiger partial charge in [0.1, 0.15) is 17.0 Å². The number of nitrogens with zero attached hydrogens (tertiary/aromatic N) is 3. The second-order valence-corrected chi connectivity index (χ2v) is 9.08. The molecular formula is C28H25F3N6O. The summed E-state index contributed by atoms with van der Waals surface area (Å²) in [6, 6.07) is 15.0. The van der Waals surface area contributed by atoms with Crippen molar-refractivity contribution in [2.24, 2.45) is 0 Å². The van der Waals surface area contributed by atoms with Crippen LogP contribution in [0.2, 0.25) is 0 Å². The molecule has 10 heteroatoms. The van der Waals surface area contributed by atoms with Crippen molar-refractivity contribution in [3.05, 3.63) is 84.4 Å². The number of hydrogen-bond acceptors (Lipinski definition) is 4. The van der Waals surface area contributed by atoms with Gasteiger partial charge in [-0.2, -0.15) is 13.2 Å². The summed E-state index contributed by atoms with van der Waals surface area (Å²) in [5.74, 6) is 1.74. The van der Waals surface area contributed by atoms with Crippen molar-refractivity contribution in [1.82, 2.24) is 14.4 Å². The number of nitrogens with one attached hydrogen (secondary N) is 3. The van der Waals surface area contributed by atoms with Crippen molar-refractivity contribution < 1.29 is 18.0 Å². The van der Waals surface area contributed by atoms with E-state index in [-0.39, 0.29) is 11.6 Å². The van der Waals surface area contributed by atoms with Crippen LogP contribution in [0.1, 0.15) is 31.2 Å². The van der Waals surface area contributed by atoms with Crippen molar-refractivity contribution in [1.29, 1.82) is 0 Å².